The summed E-state index contributed by atoms with van der Waals surface area (Å²) >= 11 is 0. The molecular weight excluding hydrogens is 336 g/mol. The normalized spacial score (nSPS) is 18.2. The van der Waals surface area contributed by atoms with Crippen LogP contribution in [-0.2, 0) is 14.3 Å². The number of carboxylic acid groups (broad SMARTS) is 1. The monoisotopic (exact) mass is 346 g/mol. The van der Waals surface area contributed by atoms with Crippen LogP contribution in [0.15, 0.2) is 0 Å². The summed E-state index contributed by atoms with van der Waals surface area (Å²) < 4.78 is 108. The molecule has 4 atom stereocenters. The van der Waals surface area contributed by atoms with E-state index in [1.807, 2.05) is 0 Å². The lowest BCUT2D eigenvalue weighted by Gasteiger charge is -2.29. The smallest absolute Gasteiger partial charge is 0.407 e. The maximum Gasteiger partial charge on any atom is 0.407 e. The van der Waals surface area contributed by atoms with E-state index in [-0.39, 0.29) is 0 Å². The zero-order chi connectivity index (χ0) is 17.9. The molecule has 0 aliphatic rings. The number of hydrogen-bond acceptors (Lipinski definition) is 3. The minimum Gasteiger partial charge on any atom is -0.479 e. The van der Waals surface area contributed by atoms with Gasteiger partial charge in [0, 0.05) is 0 Å². The number of hydrogen-bond donors (Lipinski definition) is 1. The third-order valence-corrected chi connectivity index (χ3v) is 2.40. The molecule has 22 heavy (non-hydrogen) atoms. The Kier molecular flexibility index (Phi) is 6.57. The van der Waals surface area contributed by atoms with Crippen LogP contribution >= 0.6 is 0 Å². The lowest BCUT2D eigenvalue weighted by atomic mass is 9.98. The van der Waals surface area contributed by atoms with E-state index in [1.54, 1.807) is 0 Å². The van der Waals surface area contributed by atoms with Gasteiger partial charge in [-0.05, 0) is 6.92 Å². The maximum absolute atomic E-state index is 13.1. The van der Waals surface area contributed by atoms with E-state index in [0.717, 1.165) is 6.92 Å². The Morgan fingerprint density at radius 2 is 1.50 bits per heavy atom. The Hall–Kier alpha value is -1.62. The van der Waals surface area contributed by atoms with Crippen LogP contribution in [0.4, 0.5) is 35.1 Å². The molecule has 0 radical (unpaired) electrons. The molecule has 4 nitrogen and oxygen atoms in total. The third kappa shape index (κ3) is 3.77. The largest absolute Gasteiger partial charge is 0.479 e. The summed E-state index contributed by atoms with van der Waals surface area (Å²) in [6.45, 7) is 0.160. The van der Waals surface area contributed by atoms with Crippen LogP contribution in [0.25, 0.3) is 0 Å². The van der Waals surface area contributed by atoms with Crippen LogP contribution in [0.3, 0.4) is 0 Å². The van der Waals surface area contributed by atoms with Crippen LogP contribution in [-0.4, -0.2) is 60.2 Å². The predicted octanol–water partition coefficient (Wildman–Crippen LogP) is 2.26. The number of aliphatic carboxylic acids is 1. The van der Waals surface area contributed by atoms with Crippen molar-refractivity contribution < 1.29 is 54.6 Å². The van der Waals surface area contributed by atoms with Crippen molar-refractivity contribution in [1.82, 2.24) is 0 Å². The molecular formula is C10H10F8O4. The van der Waals surface area contributed by atoms with Crippen LogP contribution < -0.4 is 0 Å². The van der Waals surface area contributed by atoms with Gasteiger partial charge in [-0.25, -0.2) is 27.2 Å². The first-order chi connectivity index (χ1) is 9.82. The van der Waals surface area contributed by atoms with Gasteiger partial charge in [0.1, 0.15) is 0 Å². The van der Waals surface area contributed by atoms with Crippen molar-refractivity contribution in [2.75, 3.05) is 6.61 Å². The number of esters is 1. The zero-order valence-corrected chi connectivity index (χ0v) is 10.7. The van der Waals surface area contributed by atoms with Crippen molar-refractivity contribution in [1.29, 1.82) is 0 Å². The summed E-state index contributed by atoms with van der Waals surface area (Å²) in [6.07, 6.45) is -16.7. The Morgan fingerprint density at radius 3 is 1.86 bits per heavy atom. The molecule has 12 heteroatoms. The van der Waals surface area contributed by atoms with Crippen LogP contribution in [0, 0.1) is 0 Å². The summed E-state index contributed by atoms with van der Waals surface area (Å²) in [5.41, 5.74) is 0. The number of alkyl halides is 8. The SMILES string of the molecule is CCOC(=O)C(F)(F)C(F)(F)C(F)C(F)C(F)C(F)C(=O)O. The van der Waals surface area contributed by atoms with E-state index >= 15 is 0 Å². The van der Waals surface area contributed by atoms with E-state index in [1.165, 1.54) is 0 Å². The van der Waals surface area contributed by atoms with Crippen molar-refractivity contribution in [3.05, 3.63) is 0 Å². The van der Waals surface area contributed by atoms with E-state index in [0.29, 0.717) is 0 Å². The highest BCUT2D eigenvalue weighted by Gasteiger charge is 2.70. The minimum absolute atomic E-state index is 0.794. The Labute approximate surface area is 118 Å². The molecule has 0 rings (SSSR count). The molecule has 0 saturated heterocycles. The first-order valence-electron chi connectivity index (χ1n) is 5.54. The summed E-state index contributed by atoms with van der Waals surface area (Å²) in [5, 5.41) is 7.99. The van der Waals surface area contributed by atoms with Crippen LogP contribution in [0.2, 0.25) is 0 Å². The second-order valence-electron chi connectivity index (χ2n) is 3.95. The molecule has 0 aromatic carbocycles. The lowest BCUT2D eigenvalue weighted by Crippen LogP contribution is -2.58. The standard InChI is InChI=1S/C10H10F8O4/c1-2-22-8(21)10(17,18)9(15,16)6(14)4(12)3(11)5(13)7(19)20/h3-6H,2H2,1H3,(H,19,20). The van der Waals surface area contributed by atoms with Crippen LogP contribution in [0.5, 0.6) is 0 Å². The van der Waals surface area contributed by atoms with Gasteiger partial charge in [0.05, 0.1) is 6.61 Å². The Morgan fingerprint density at radius 1 is 1.05 bits per heavy atom. The quantitative estimate of drug-likeness (QED) is 0.541. The van der Waals surface area contributed by atoms with Crippen molar-refractivity contribution in [2.24, 2.45) is 0 Å². The highest BCUT2D eigenvalue weighted by Crippen LogP contribution is 2.42. The second kappa shape index (κ2) is 7.09. The highest BCUT2D eigenvalue weighted by atomic mass is 19.3. The molecule has 0 aromatic rings. The van der Waals surface area contributed by atoms with Gasteiger partial charge in [0.2, 0.25) is 12.3 Å². The van der Waals surface area contributed by atoms with Gasteiger partial charge in [0.15, 0.2) is 12.3 Å². The van der Waals surface area contributed by atoms with Gasteiger partial charge in [-0.3, -0.25) is 0 Å². The Balaban J connectivity index is 5.34. The molecule has 4 unspecified atom stereocenters. The molecule has 0 spiro atoms. The van der Waals surface area contributed by atoms with E-state index in [2.05, 4.69) is 4.74 Å². The van der Waals surface area contributed by atoms with Gasteiger partial charge in [-0.15, -0.1) is 0 Å². The van der Waals surface area contributed by atoms with Crippen LogP contribution in [0.1, 0.15) is 6.92 Å². The molecule has 0 aliphatic carbocycles. The molecule has 1 N–H and O–H groups in total. The Bertz CT molecular complexity index is 416. The first kappa shape index (κ1) is 20.4. The lowest BCUT2D eigenvalue weighted by molar-refractivity contribution is -0.256. The molecule has 0 heterocycles. The molecule has 130 valence electrons. The van der Waals surface area contributed by atoms with Gasteiger partial charge in [-0.1, -0.05) is 0 Å². The highest BCUT2D eigenvalue weighted by molar-refractivity contribution is 5.79. The number of carbonyl (C=O) groups is 2. The van der Waals surface area contributed by atoms with Crippen molar-refractivity contribution in [3.63, 3.8) is 0 Å². The number of carboxylic acids is 1. The number of ether oxygens (including phenoxy) is 1. The predicted molar refractivity (Wildman–Crippen MR) is 53.7 cm³/mol. The average Bonchev–Trinajstić information content (AvgIpc) is 2.43. The fourth-order valence-electron chi connectivity index (χ4n) is 1.19. The van der Waals surface area contributed by atoms with Gasteiger partial charge in [-0.2, -0.15) is 17.6 Å². The fourth-order valence-corrected chi connectivity index (χ4v) is 1.19. The summed E-state index contributed by atoms with van der Waals surface area (Å²) in [4.78, 5) is 20.6. The molecule has 0 bridgehead atoms. The number of halogens is 8. The number of rotatable bonds is 8. The second-order valence-corrected chi connectivity index (χ2v) is 3.95. The molecule has 0 saturated carbocycles. The van der Waals surface area contributed by atoms with E-state index < -0.39 is 55.1 Å². The van der Waals surface area contributed by atoms with Gasteiger partial charge < -0.3 is 9.84 Å². The third-order valence-electron chi connectivity index (χ3n) is 2.40. The molecule has 0 aromatic heterocycles. The summed E-state index contributed by atoms with van der Waals surface area (Å²) in [6, 6.07) is 0. The topological polar surface area (TPSA) is 63.6 Å². The molecule has 0 fully saturated rings. The van der Waals surface area contributed by atoms with Gasteiger partial charge in [0.25, 0.3) is 0 Å². The molecule has 0 aliphatic heterocycles. The van der Waals surface area contributed by atoms with E-state index in [4.69, 9.17) is 5.11 Å². The summed E-state index contributed by atoms with van der Waals surface area (Å²) in [5.74, 6) is -17.5. The van der Waals surface area contributed by atoms with Crippen molar-refractivity contribution >= 4 is 11.9 Å². The van der Waals surface area contributed by atoms with E-state index in [9.17, 15) is 44.7 Å². The summed E-state index contributed by atoms with van der Waals surface area (Å²) in [7, 11) is 0. The first-order valence-corrected chi connectivity index (χ1v) is 5.54. The zero-order valence-electron chi connectivity index (χ0n) is 10.7. The number of carbonyl (C=O) groups excluding carboxylic acids is 1. The maximum atomic E-state index is 13.1. The van der Waals surface area contributed by atoms with Crippen molar-refractivity contribution in [3.8, 4) is 0 Å². The minimum atomic E-state index is -6.10. The molecule has 0 amide bonds. The fraction of sp³-hybridized carbons (Fsp3) is 0.800. The van der Waals surface area contributed by atoms with Crippen molar-refractivity contribution in [2.45, 2.75) is 43.5 Å². The average molecular weight is 346 g/mol. The van der Waals surface area contributed by atoms with Gasteiger partial charge >= 0.3 is 23.8 Å².